The molecule has 16 heteroatoms. The molecule has 4 aliphatic rings. The number of carbonyl (C=O) groups is 4. The van der Waals surface area contributed by atoms with Gasteiger partial charge in [-0.3, -0.25) is 29.5 Å². The van der Waals surface area contributed by atoms with Crippen LogP contribution < -0.4 is 36.4 Å². The van der Waals surface area contributed by atoms with Gasteiger partial charge in [0.1, 0.15) is 22.9 Å². The second-order valence-corrected chi connectivity index (χ2v) is 16.6. The summed E-state index contributed by atoms with van der Waals surface area (Å²) in [5.41, 5.74) is 13.4. The lowest BCUT2D eigenvalue weighted by Crippen LogP contribution is -2.49. The van der Waals surface area contributed by atoms with Crippen molar-refractivity contribution in [3.8, 4) is 11.3 Å². The molecule has 3 aromatic carbocycles. The van der Waals surface area contributed by atoms with Crippen molar-refractivity contribution >= 4 is 69.7 Å². The summed E-state index contributed by atoms with van der Waals surface area (Å²) in [6, 6.07) is 24.5. The fourth-order valence-corrected chi connectivity index (χ4v) is 9.14. The van der Waals surface area contributed by atoms with Crippen LogP contribution in [0.5, 0.6) is 0 Å². The van der Waals surface area contributed by atoms with Gasteiger partial charge in [0.05, 0.1) is 10.6 Å². The minimum atomic E-state index is -0.618. The van der Waals surface area contributed by atoms with Gasteiger partial charge in [0.2, 0.25) is 5.91 Å². The number of aryl methyl sites for hydroxylation is 3. The average Bonchev–Trinajstić information content (AvgIpc) is 3.52. The largest absolute Gasteiger partial charge is 0.372 e. The van der Waals surface area contributed by atoms with E-state index in [1.165, 1.54) is 5.69 Å². The molecule has 6 heterocycles. The normalized spacial score (nSPS) is 17.2. The van der Waals surface area contributed by atoms with E-state index >= 15 is 0 Å². The second-order valence-electron chi connectivity index (χ2n) is 16.2. The lowest BCUT2D eigenvalue weighted by atomic mass is 9.95. The first-order chi connectivity index (χ1) is 29.6. The van der Waals surface area contributed by atoms with Crippen LogP contribution >= 0.6 is 11.6 Å². The van der Waals surface area contributed by atoms with E-state index in [2.05, 4.69) is 66.0 Å². The van der Waals surface area contributed by atoms with Gasteiger partial charge in [-0.1, -0.05) is 23.7 Å². The molecule has 314 valence electrons. The highest BCUT2D eigenvalue weighted by Crippen LogP contribution is 2.37. The minimum absolute atomic E-state index is 0.210. The third-order valence-corrected chi connectivity index (χ3v) is 12.5. The third-order valence-electron chi connectivity index (χ3n) is 12.2. The molecule has 5 N–H and O–H groups in total. The summed E-state index contributed by atoms with van der Waals surface area (Å²) in [5.74, 6) is 0.360. The molecule has 3 fully saturated rings. The monoisotopic (exact) mass is 841 g/mol. The molecular formula is C45H48ClN11O4. The predicted molar refractivity (Wildman–Crippen MR) is 237 cm³/mol. The fraction of sp³-hybridized carbons (Fsp3) is 0.333. The Hall–Kier alpha value is -6.45. The van der Waals surface area contributed by atoms with Crippen LogP contribution in [0.1, 0.15) is 51.2 Å². The number of carbonyl (C=O) groups excluding carboxylic acids is 4. The van der Waals surface area contributed by atoms with Crippen LogP contribution in [0.4, 0.5) is 39.2 Å². The summed E-state index contributed by atoms with van der Waals surface area (Å²) in [6.45, 7) is 9.80. The Morgan fingerprint density at radius 1 is 0.820 bits per heavy atom. The molecule has 0 radical (unpaired) electrons. The summed E-state index contributed by atoms with van der Waals surface area (Å²) in [7, 11) is 0. The standard InChI is InChI=1S/C45H48ClN11O4/c1-28-3-2-4-38(48-28)50-44(60)35-11-5-31(26-36(35)46)41-40(42(47)59)43-49-37-12-10-34(25-30(37)15-20-57(43)52-41)55-23-21-53(22-24-55)27-29-13-17-54(18-14-29)32-6-8-33(9-7-32)56-19-16-39(58)51-45(56)61/h2-12,25-26,29,49H,13-24,27H2,1H3,(H2,47,59)(H,48,50,60)(H,51,58,61). The lowest BCUT2D eigenvalue weighted by molar-refractivity contribution is -0.120. The molecule has 0 saturated carbocycles. The first-order valence-corrected chi connectivity index (χ1v) is 21.2. The van der Waals surface area contributed by atoms with Crippen molar-refractivity contribution in [2.24, 2.45) is 11.7 Å². The van der Waals surface area contributed by atoms with E-state index in [-0.39, 0.29) is 28.1 Å². The maximum atomic E-state index is 13.0. The van der Waals surface area contributed by atoms with Crippen molar-refractivity contribution in [1.82, 2.24) is 25.0 Å². The highest BCUT2D eigenvalue weighted by molar-refractivity contribution is 6.34. The number of aromatic nitrogens is 3. The smallest absolute Gasteiger partial charge is 0.328 e. The SMILES string of the molecule is Cc1cccc(NC(=O)c2ccc(-c3nn4c(c3C(N)=O)Nc3ccc(N5CCN(CC6CCN(c7ccc(N8CCC(=O)NC8=O)cc7)CC6)CC5)cc3CC4)cc2Cl)n1. The lowest BCUT2D eigenvalue weighted by Gasteiger charge is -2.40. The summed E-state index contributed by atoms with van der Waals surface area (Å²) < 4.78 is 1.79. The first kappa shape index (κ1) is 40.0. The van der Waals surface area contributed by atoms with Crippen LogP contribution in [0.25, 0.3) is 11.3 Å². The molecule has 15 nitrogen and oxygen atoms in total. The Labute approximate surface area is 358 Å². The molecule has 5 aromatic rings. The maximum Gasteiger partial charge on any atom is 0.328 e. The van der Waals surface area contributed by atoms with Gasteiger partial charge in [-0.05, 0) is 104 Å². The van der Waals surface area contributed by atoms with E-state index in [0.29, 0.717) is 54.7 Å². The summed E-state index contributed by atoms with van der Waals surface area (Å²) >= 11 is 6.63. The summed E-state index contributed by atoms with van der Waals surface area (Å²) in [5, 5.41) is 13.7. The van der Waals surface area contributed by atoms with Gasteiger partial charge in [-0.25, -0.2) is 14.5 Å². The number of nitrogens with zero attached hydrogens (tertiary/aromatic N) is 7. The van der Waals surface area contributed by atoms with Gasteiger partial charge in [-0.2, -0.15) is 5.10 Å². The summed E-state index contributed by atoms with van der Waals surface area (Å²) in [4.78, 5) is 63.2. The van der Waals surface area contributed by atoms with Crippen LogP contribution in [0.3, 0.4) is 0 Å². The molecular weight excluding hydrogens is 794 g/mol. The van der Waals surface area contributed by atoms with Gasteiger partial charge in [0, 0.05) is 99.3 Å². The van der Waals surface area contributed by atoms with Gasteiger partial charge >= 0.3 is 6.03 Å². The van der Waals surface area contributed by atoms with Crippen molar-refractivity contribution < 1.29 is 19.2 Å². The fourth-order valence-electron chi connectivity index (χ4n) is 8.87. The number of pyridine rings is 1. The number of hydrogen-bond acceptors (Lipinski definition) is 10. The molecule has 0 unspecified atom stereocenters. The highest BCUT2D eigenvalue weighted by Gasteiger charge is 2.29. The van der Waals surface area contributed by atoms with E-state index in [9.17, 15) is 19.2 Å². The van der Waals surface area contributed by atoms with Crippen LogP contribution in [0.15, 0.2) is 78.9 Å². The molecule has 4 aliphatic heterocycles. The molecule has 0 atom stereocenters. The number of piperidine rings is 1. The van der Waals surface area contributed by atoms with Crippen LogP contribution in [-0.4, -0.2) is 95.8 Å². The summed E-state index contributed by atoms with van der Waals surface area (Å²) in [6.07, 6.45) is 3.29. The van der Waals surface area contributed by atoms with Crippen molar-refractivity contribution in [3.05, 3.63) is 106 Å². The Morgan fingerprint density at radius 3 is 2.28 bits per heavy atom. The number of nitrogens with one attached hydrogen (secondary N) is 3. The molecule has 3 saturated heterocycles. The number of piperazine rings is 1. The molecule has 5 amide bonds. The number of benzene rings is 3. The van der Waals surface area contributed by atoms with Crippen molar-refractivity contribution in [2.45, 2.75) is 39.2 Å². The van der Waals surface area contributed by atoms with Crippen LogP contribution in [0.2, 0.25) is 5.02 Å². The van der Waals surface area contributed by atoms with Crippen molar-refractivity contribution in [2.75, 3.05) is 77.7 Å². The van der Waals surface area contributed by atoms with E-state index in [1.54, 1.807) is 33.8 Å². The molecule has 2 aromatic heterocycles. The van der Waals surface area contributed by atoms with Gasteiger partial charge < -0.3 is 26.2 Å². The number of primary amides is 1. The maximum absolute atomic E-state index is 13.0. The van der Waals surface area contributed by atoms with Crippen LogP contribution in [-0.2, 0) is 17.8 Å². The molecule has 0 spiro atoms. The van der Waals surface area contributed by atoms with E-state index < -0.39 is 11.8 Å². The number of halogens is 1. The Balaban J connectivity index is 0.791. The number of hydrogen-bond donors (Lipinski definition) is 4. The zero-order chi connectivity index (χ0) is 42.2. The number of nitrogens with two attached hydrogens (primary N) is 1. The van der Waals surface area contributed by atoms with Gasteiger partial charge in [0.25, 0.3) is 11.8 Å². The third kappa shape index (κ3) is 8.48. The predicted octanol–water partition coefficient (Wildman–Crippen LogP) is 6.04. The molecule has 9 rings (SSSR count). The van der Waals surface area contributed by atoms with Crippen molar-refractivity contribution in [3.63, 3.8) is 0 Å². The van der Waals surface area contributed by atoms with Gasteiger partial charge in [0.15, 0.2) is 0 Å². The number of imide groups is 1. The number of amides is 5. The van der Waals surface area contributed by atoms with Crippen LogP contribution in [0, 0.1) is 12.8 Å². The first-order valence-electron chi connectivity index (χ1n) is 20.9. The molecule has 0 aliphatic carbocycles. The number of fused-ring (bicyclic) bond motifs is 2. The Kier molecular flexibility index (Phi) is 11.1. The zero-order valence-electron chi connectivity index (χ0n) is 34.0. The van der Waals surface area contributed by atoms with E-state index in [1.807, 2.05) is 31.2 Å². The van der Waals surface area contributed by atoms with Gasteiger partial charge in [-0.15, -0.1) is 0 Å². The zero-order valence-corrected chi connectivity index (χ0v) is 34.8. The number of urea groups is 1. The van der Waals surface area contributed by atoms with Crippen molar-refractivity contribution in [1.29, 1.82) is 0 Å². The van der Waals surface area contributed by atoms with E-state index in [0.717, 1.165) is 87.0 Å². The topological polar surface area (TPSA) is 174 Å². The second kappa shape index (κ2) is 16.9. The molecule has 0 bridgehead atoms. The quantitative estimate of drug-likeness (QED) is 0.137. The van der Waals surface area contributed by atoms with E-state index in [4.69, 9.17) is 22.4 Å². The number of rotatable bonds is 9. The Morgan fingerprint density at radius 2 is 1.56 bits per heavy atom. The highest BCUT2D eigenvalue weighted by atomic mass is 35.5. The number of anilines is 6. The average molecular weight is 842 g/mol. The molecule has 61 heavy (non-hydrogen) atoms. The minimum Gasteiger partial charge on any atom is -0.372 e. The Bertz CT molecular complexity index is 2510.